The molecular weight excluding hydrogens is 749 g/mol. The van der Waals surface area contributed by atoms with Crippen LogP contribution in [-0.2, 0) is 9.47 Å². The molecular formula is C38H45BF2N6O8S. The number of hydrogen-bond acceptors (Lipinski definition) is 14. The Labute approximate surface area is 327 Å². The van der Waals surface area contributed by atoms with Crippen molar-refractivity contribution < 1.29 is 47.3 Å². The number of thiazole rings is 1. The molecule has 4 aliphatic heterocycles. The molecule has 2 aromatic heterocycles. The quantitative estimate of drug-likeness (QED) is 0.141. The van der Waals surface area contributed by atoms with Crippen LogP contribution in [-0.4, -0.2) is 124 Å². The third-order valence-electron chi connectivity index (χ3n) is 10.8. The van der Waals surface area contributed by atoms with Crippen molar-refractivity contribution in [1.29, 1.82) is 0 Å². The van der Waals surface area contributed by atoms with Gasteiger partial charge in [0.2, 0.25) is 0 Å². The number of benzene rings is 2. The highest BCUT2D eigenvalue weighted by atomic mass is 32.1. The first-order valence-corrected chi connectivity index (χ1v) is 19.7. The summed E-state index contributed by atoms with van der Waals surface area (Å²) in [6.07, 6.45) is 3.83. The van der Waals surface area contributed by atoms with E-state index in [4.69, 9.17) is 38.6 Å². The Bertz CT molecular complexity index is 2140. The van der Waals surface area contributed by atoms with Gasteiger partial charge in [0.25, 0.3) is 5.19 Å². The Morgan fingerprint density at radius 2 is 1.89 bits per heavy atom. The van der Waals surface area contributed by atoms with Crippen LogP contribution in [0.15, 0.2) is 30.2 Å². The van der Waals surface area contributed by atoms with Crippen LogP contribution in [0.2, 0.25) is 0 Å². The smallest absolute Gasteiger partial charge is 0.467 e. The Balaban J connectivity index is 1.17. The van der Waals surface area contributed by atoms with E-state index < -0.39 is 30.2 Å². The molecule has 2 N–H and O–H groups in total. The molecule has 0 radical (unpaired) electrons. The number of alkyl halides is 1. The van der Waals surface area contributed by atoms with Gasteiger partial charge >= 0.3 is 19.2 Å². The number of halogens is 2. The molecule has 2 bridgehead atoms. The number of carbonyl (C=O) groups is 1. The molecule has 18 heteroatoms. The van der Waals surface area contributed by atoms with Gasteiger partial charge in [-0.05, 0) is 70.5 Å². The van der Waals surface area contributed by atoms with Crippen LogP contribution in [0.5, 0.6) is 22.7 Å². The molecule has 6 heterocycles. The van der Waals surface area contributed by atoms with Gasteiger partial charge in [0, 0.05) is 50.2 Å². The third-order valence-corrected chi connectivity index (χ3v) is 11.7. The average Bonchev–Trinajstić information content (AvgIpc) is 3.87. The maximum Gasteiger partial charge on any atom is 0.480 e. The van der Waals surface area contributed by atoms with Crippen LogP contribution in [0.25, 0.3) is 27.2 Å². The number of ether oxygens (including phenoxy) is 5. The number of nitrogens with zero attached hydrogens (tertiary/aromatic N) is 6. The molecule has 4 atom stereocenters. The molecule has 0 spiro atoms. The van der Waals surface area contributed by atoms with Crippen molar-refractivity contribution in [2.45, 2.75) is 82.3 Å². The topological polar surface area (TPSA) is 152 Å². The van der Waals surface area contributed by atoms with Crippen LogP contribution >= 0.6 is 11.3 Å². The van der Waals surface area contributed by atoms with Crippen molar-refractivity contribution in [1.82, 2.24) is 24.8 Å². The van der Waals surface area contributed by atoms with Gasteiger partial charge in [-0.1, -0.05) is 29.5 Å². The van der Waals surface area contributed by atoms with E-state index in [9.17, 15) is 19.2 Å². The lowest BCUT2D eigenvalue weighted by molar-refractivity contribution is 0.0122. The Hall–Kier alpha value is -4.36. The summed E-state index contributed by atoms with van der Waals surface area (Å²) in [7, 11) is -0.312. The predicted molar refractivity (Wildman–Crippen MR) is 207 cm³/mol. The molecule has 298 valence electrons. The lowest BCUT2D eigenvalue weighted by Gasteiger charge is -2.41. The second kappa shape index (κ2) is 15.2. The zero-order valence-corrected chi connectivity index (χ0v) is 32.6. The Kier molecular flexibility index (Phi) is 10.4. The first-order chi connectivity index (χ1) is 26.8. The number of carbonyl (C=O) groups excluding carboxylic acids is 1. The van der Waals surface area contributed by atoms with Gasteiger partial charge in [-0.2, -0.15) is 15.0 Å². The largest absolute Gasteiger partial charge is 0.480 e. The molecule has 0 aliphatic carbocycles. The van der Waals surface area contributed by atoms with E-state index >= 15 is 4.39 Å². The van der Waals surface area contributed by atoms with Crippen LogP contribution in [0.1, 0.15) is 58.4 Å². The summed E-state index contributed by atoms with van der Waals surface area (Å²) in [5, 5.41) is 20.2. The fourth-order valence-electron chi connectivity index (χ4n) is 8.57. The zero-order valence-electron chi connectivity index (χ0n) is 31.7. The minimum absolute atomic E-state index is 0.0489. The fraction of sp³-hybridized carbons (Fsp3) is 0.526. The SMILES string of the molecule is COCOc1cc(Oc2nc3c(N4CC5CCC(C4)N5C(=O)OC(C)(C)C)nc(OC[C@@]45CCCN4C[C@H](F)C5)nc3s2)c2c(/C=C/B(O)O)c(F)ccc2c1. The number of fused-ring (bicyclic) bond motifs is 5. The highest BCUT2D eigenvalue weighted by Crippen LogP contribution is 2.44. The number of anilines is 1. The number of rotatable bonds is 11. The van der Waals surface area contributed by atoms with Gasteiger partial charge in [0.15, 0.2) is 17.4 Å². The van der Waals surface area contributed by atoms with Crippen molar-refractivity contribution >= 4 is 57.6 Å². The van der Waals surface area contributed by atoms with Crippen LogP contribution in [0.4, 0.5) is 19.4 Å². The molecule has 2 aromatic carbocycles. The van der Waals surface area contributed by atoms with Crippen molar-refractivity contribution in [3.8, 4) is 22.7 Å². The minimum atomic E-state index is -1.80. The molecule has 0 saturated carbocycles. The molecule has 4 aliphatic rings. The molecule has 56 heavy (non-hydrogen) atoms. The molecule has 1 amide bonds. The molecule has 4 saturated heterocycles. The maximum atomic E-state index is 15.3. The van der Waals surface area contributed by atoms with Gasteiger partial charge in [-0.25, -0.2) is 13.6 Å². The summed E-state index contributed by atoms with van der Waals surface area (Å²) in [6.45, 7) is 7.92. The van der Waals surface area contributed by atoms with Gasteiger partial charge in [-0.15, -0.1) is 0 Å². The summed E-state index contributed by atoms with van der Waals surface area (Å²) < 4.78 is 59.4. The summed E-state index contributed by atoms with van der Waals surface area (Å²) in [6, 6.07) is 6.03. The van der Waals surface area contributed by atoms with Gasteiger partial charge in [-0.3, -0.25) is 9.80 Å². The summed E-state index contributed by atoms with van der Waals surface area (Å²) in [4.78, 5) is 34.5. The summed E-state index contributed by atoms with van der Waals surface area (Å²) in [5.41, 5.74) is -0.515. The van der Waals surface area contributed by atoms with E-state index in [0.717, 1.165) is 49.5 Å². The van der Waals surface area contributed by atoms with E-state index in [1.54, 1.807) is 18.2 Å². The number of methoxy groups -OCH3 is 1. The van der Waals surface area contributed by atoms with Crippen molar-refractivity contribution in [3.63, 3.8) is 0 Å². The van der Waals surface area contributed by atoms with E-state index in [2.05, 4.69) is 9.80 Å². The van der Waals surface area contributed by atoms with Crippen molar-refractivity contribution in [2.24, 2.45) is 0 Å². The number of hydrogen-bond donors (Lipinski definition) is 2. The third kappa shape index (κ3) is 7.68. The molecule has 14 nitrogen and oxygen atoms in total. The first kappa shape index (κ1) is 38.5. The Morgan fingerprint density at radius 1 is 1.11 bits per heavy atom. The van der Waals surface area contributed by atoms with Gasteiger partial charge < -0.3 is 38.6 Å². The number of aromatic nitrogens is 3. The van der Waals surface area contributed by atoms with E-state index in [1.807, 2.05) is 25.7 Å². The second-order valence-corrected chi connectivity index (χ2v) is 16.9. The number of piperazine rings is 1. The Morgan fingerprint density at radius 3 is 2.62 bits per heavy atom. The molecule has 2 unspecified atom stereocenters. The zero-order chi connectivity index (χ0) is 39.4. The predicted octanol–water partition coefficient (Wildman–Crippen LogP) is 5.72. The van der Waals surface area contributed by atoms with Crippen LogP contribution < -0.4 is 19.1 Å². The highest BCUT2D eigenvalue weighted by molar-refractivity contribution is 7.19. The second-order valence-electron chi connectivity index (χ2n) is 15.9. The highest BCUT2D eigenvalue weighted by Gasteiger charge is 2.50. The molecule has 4 aromatic rings. The first-order valence-electron chi connectivity index (χ1n) is 18.9. The standard InChI is InChI=1S/C38H45BF2N6O8S/c1-37(2,3)55-36(48)47-24-7-8-25(47)19-45(18-24)32-31-33(44-34(43-32)52-20-38-11-5-13-46(38)17-23(40)16-38)56-35(42-31)54-29-15-26(53-21-51-4)14-22-6-9-28(41)27(30(22)29)10-12-39(49)50/h6,9-10,12,14-15,23-25,49-50H,5,7-8,11,13,16-21H2,1-4H3/b12-10+/t23-,24?,25?,38+/m1/s1. The molecule has 4 fully saturated rings. The van der Waals surface area contributed by atoms with Gasteiger partial charge in [0.1, 0.15) is 41.2 Å². The molecule has 8 rings (SSSR count). The maximum absolute atomic E-state index is 15.3. The van der Waals surface area contributed by atoms with Crippen LogP contribution in [0, 0.1) is 5.82 Å². The van der Waals surface area contributed by atoms with Gasteiger partial charge in [0.05, 0.1) is 17.6 Å². The summed E-state index contributed by atoms with van der Waals surface area (Å²) in [5.74, 6) is 1.54. The lowest BCUT2D eigenvalue weighted by atomic mass is 9.89. The fourth-order valence-corrected chi connectivity index (χ4v) is 9.36. The van der Waals surface area contributed by atoms with Crippen LogP contribution in [0.3, 0.4) is 0 Å². The normalized spacial score (nSPS) is 23.8. The summed E-state index contributed by atoms with van der Waals surface area (Å²) >= 11 is 1.15. The van der Waals surface area contributed by atoms with E-state index in [-0.39, 0.29) is 54.1 Å². The number of amides is 1. The minimum Gasteiger partial charge on any atom is -0.467 e. The average molecular weight is 795 g/mol. The van der Waals surface area contributed by atoms with Crippen molar-refractivity contribution in [3.05, 3.63) is 41.6 Å². The van der Waals surface area contributed by atoms with Crippen molar-refractivity contribution in [2.75, 3.05) is 51.6 Å². The lowest BCUT2D eigenvalue weighted by Crippen LogP contribution is -2.57. The monoisotopic (exact) mass is 794 g/mol. The van der Waals surface area contributed by atoms with E-state index in [0.29, 0.717) is 58.7 Å². The van der Waals surface area contributed by atoms with E-state index in [1.165, 1.54) is 19.3 Å².